The Morgan fingerprint density at radius 2 is 2.00 bits per heavy atom. The molecule has 2 aromatic heterocycles. The van der Waals surface area contributed by atoms with Gasteiger partial charge in [0.25, 0.3) is 5.19 Å². The molecule has 8 nitrogen and oxygen atoms in total. The van der Waals surface area contributed by atoms with Crippen LogP contribution in [0.4, 0.5) is 10.3 Å². The molecule has 1 aliphatic heterocycles. The zero-order valence-electron chi connectivity index (χ0n) is 14.0. The number of rotatable bonds is 6. The van der Waals surface area contributed by atoms with Crippen LogP contribution in [-0.4, -0.2) is 45.5 Å². The zero-order chi connectivity index (χ0) is 17.9. The van der Waals surface area contributed by atoms with E-state index in [0.717, 1.165) is 28.8 Å². The van der Waals surface area contributed by atoms with Crippen LogP contribution in [0.1, 0.15) is 10.6 Å². The third-order valence-electron chi connectivity index (χ3n) is 3.76. The molecule has 4 rings (SSSR count). The van der Waals surface area contributed by atoms with E-state index in [1.807, 2.05) is 37.3 Å². The van der Waals surface area contributed by atoms with Crippen molar-refractivity contribution in [3.05, 3.63) is 40.9 Å². The summed E-state index contributed by atoms with van der Waals surface area (Å²) in [7, 11) is 0. The number of hydrogen-bond donors (Lipinski definition) is 1. The van der Waals surface area contributed by atoms with Gasteiger partial charge in [-0.15, -0.1) is 15.3 Å². The van der Waals surface area contributed by atoms with Gasteiger partial charge < -0.3 is 15.0 Å². The maximum Gasteiger partial charge on any atom is 0.296 e. The Balaban J connectivity index is 1.25. The highest BCUT2D eigenvalue weighted by molar-refractivity contribution is 7.17. The van der Waals surface area contributed by atoms with Gasteiger partial charge in [0.2, 0.25) is 16.2 Å². The number of nitrogens with zero attached hydrogens (tertiary/aromatic N) is 5. The van der Waals surface area contributed by atoms with Crippen LogP contribution in [0.3, 0.4) is 0 Å². The number of anilines is 2. The van der Waals surface area contributed by atoms with Gasteiger partial charge in [-0.25, -0.2) is 0 Å². The molecule has 1 fully saturated rings. The molecule has 1 saturated heterocycles. The molecule has 0 unspecified atom stereocenters. The number of amides is 1. The Bertz CT molecular complexity index is 891. The number of benzene rings is 1. The minimum atomic E-state index is -0.125. The second-order valence-corrected chi connectivity index (χ2v) is 7.93. The smallest absolute Gasteiger partial charge is 0.296 e. The van der Waals surface area contributed by atoms with Crippen LogP contribution in [0.2, 0.25) is 0 Å². The monoisotopic (exact) mass is 388 g/mol. The van der Waals surface area contributed by atoms with Gasteiger partial charge in [0.05, 0.1) is 19.5 Å². The summed E-state index contributed by atoms with van der Waals surface area (Å²) < 4.78 is 5.80. The van der Waals surface area contributed by atoms with E-state index in [4.69, 9.17) is 4.74 Å². The lowest BCUT2D eigenvalue weighted by Gasteiger charge is -2.37. The summed E-state index contributed by atoms with van der Waals surface area (Å²) in [5, 5.41) is 21.6. The molecule has 1 N–H and O–H groups in total. The maximum atomic E-state index is 12.1. The molecular formula is C16H16N6O2S2. The van der Waals surface area contributed by atoms with Crippen LogP contribution in [-0.2, 0) is 11.2 Å². The SMILES string of the molecule is Cc1nnc(N2CC(Oc3nnc(NC(=O)Cc4ccccc4)s3)C2)s1. The van der Waals surface area contributed by atoms with Gasteiger partial charge in [-0.2, -0.15) is 0 Å². The number of carbonyl (C=O) groups excluding carboxylic acids is 1. The molecule has 0 spiro atoms. The van der Waals surface area contributed by atoms with Crippen molar-refractivity contribution in [3.8, 4) is 5.19 Å². The molecule has 0 aliphatic carbocycles. The van der Waals surface area contributed by atoms with Crippen molar-refractivity contribution < 1.29 is 9.53 Å². The molecule has 3 aromatic rings. The highest BCUT2D eigenvalue weighted by atomic mass is 32.1. The summed E-state index contributed by atoms with van der Waals surface area (Å²) in [5.74, 6) is -0.125. The fourth-order valence-electron chi connectivity index (χ4n) is 2.48. The number of aryl methyl sites for hydroxylation is 1. The fraction of sp³-hybridized carbons (Fsp3) is 0.312. The van der Waals surface area contributed by atoms with Gasteiger partial charge in [-0.1, -0.05) is 46.8 Å². The van der Waals surface area contributed by atoms with Gasteiger partial charge >= 0.3 is 0 Å². The van der Waals surface area contributed by atoms with E-state index in [2.05, 4.69) is 30.6 Å². The number of carbonyl (C=O) groups is 1. The van der Waals surface area contributed by atoms with Crippen molar-refractivity contribution in [3.63, 3.8) is 0 Å². The van der Waals surface area contributed by atoms with E-state index < -0.39 is 0 Å². The summed E-state index contributed by atoms with van der Waals surface area (Å²) in [6.45, 7) is 3.41. The Morgan fingerprint density at radius 3 is 2.73 bits per heavy atom. The van der Waals surface area contributed by atoms with Gasteiger partial charge in [-0.3, -0.25) is 4.79 Å². The second kappa shape index (κ2) is 7.34. The van der Waals surface area contributed by atoms with Crippen molar-refractivity contribution in [1.82, 2.24) is 20.4 Å². The first-order chi connectivity index (χ1) is 12.7. The average Bonchev–Trinajstić information content (AvgIpc) is 3.20. The molecular weight excluding hydrogens is 372 g/mol. The van der Waals surface area contributed by atoms with Crippen LogP contribution >= 0.6 is 22.7 Å². The molecule has 0 bridgehead atoms. The zero-order valence-corrected chi connectivity index (χ0v) is 15.6. The maximum absolute atomic E-state index is 12.1. The lowest BCUT2D eigenvalue weighted by atomic mass is 10.1. The first-order valence-electron chi connectivity index (χ1n) is 8.05. The average molecular weight is 388 g/mol. The van der Waals surface area contributed by atoms with Crippen molar-refractivity contribution >= 4 is 38.8 Å². The predicted molar refractivity (Wildman–Crippen MR) is 100.0 cm³/mol. The van der Waals surface area contributed by atoms with E-state index in [9.17, 15) is 4.79 Å². The Morgan fingerprint density at radius 1 is 1.19 bits per heavy atom. The molecule has 26 heavy (non-hydrogen) atoms. The third kappa shape index (κ3) is 3.97. The number of nitrogens with one attached hydrogen (secondary N) is 1. The minimum Gasteiger partial charge on any atom is -0.462 e. The Labute approximate surface area is 157 Å². The topological polar surface area (TPSA) is 93.1 Å². The number of aromatic nitrogens is 4. The minimum absolute atomic E-state index is 0.0417. The molecule has 0 atom stereocenters. The summed E-state index contributed by atoms with van der Waals surface area (Å²) in [6, 6.07) is 9.56. The fourth-order valence-corrected chi connectivity index (χ4v) is 3.86. The van der Waals surface area contributed by atoms with Crippen LogP contribution in [0.25, 0.3) is 0 Å². The molecule has 3 heterocycles. The van der Waals surface area contributed by atoms with E-state index in [1.54, 1.807) is 11.3 Å². The summed E-state index contributed by atoms with van der Waals surface area (Å²) in [5.41, 5.74) is 0.951. The quantitative estimate of drug-likeness (QED) is 0.691. The normalized spacial score (nSPS) is 14.1. The highest BCUT2D eigenvalue weighted by Gasteiger charge is 2.31. The van der Waals surface area contributed by atoms with Crippen LogP contribution in [0.5, 0.6) is 5.19 Å². The van der Waals surface area contributed by atoms with Gasteiger partial charge in [-0.05, 0) is 23.8 Å². The molecule has 10 heteroatoms. The van der Waals surface area contributed by atoms with Crippen molar-refractivity contribution in [1.29, 1.82) is 0 Å². The summed E-state index contributed by atoms with van der Waals surface area (Å²) in [6.07, 6.45) is 0.343. The Hall–Kier alpha value is -2.59. The van der Waals surface area contributed by atoms with E-state index in [-0.39, 0.29) is 12.0 Å². The largest absolute Gasteiger partial charge is 0.462 e. The lowest BCUT2D eigenvalue weighted by Crippen LogP contribution is -2.54. The van der Waals surface area contributed by atoms with Crippen LogP contribution in [0.15, 0.2) is 30.3 Å². The number of hydrogen-bond acceptors (Lipinski definition) is 9. The summed E-state index contributed by atoms with van der Waals surface area (Å²) in [4.78, 5) is 14.2. The van der Waals surface area contributed by atoms with E-state index in [1.165, 1.54) is 11.3 Å². The van der Waals surface area contributed by atoms with Crippen molar-refractivity contribution in [2.75, 3.05) is 23.3 Å². The van der Waals surface area contributed by atoms with Crippen molar-refractivity contribution in [2.24, 2.45) is 0 Å². The second-order valence-electron chi connectivity index (χ2n) is 5.83. The molecule has 1 aliphatic rings. The summed E-state index contributed by atoms with van der Waals surface area (Å²) >= 11 is 2.80. The molecule has 1 amide bonds. The van der Waals surface area contributed by atoms with E-state index in [0.29, 0.717) is 16.7 Å². The molecule has 1 aromatic carbocycles. The highest BCUT2D eigenvalue weighted by Crippen LogP contribution is 2.29. The standard InChI is InChI=1S/C16H16N6O2S2/c1-10-18-20-15(25-10)22-8-12(9-22)24-16-21-19-14(26-16)17-13(23)7-11-5-3-2-4-6-11/h2-6,12H,7-9H2,1H3,(H,17,19,23). The van der Waals surface area contributed by atoms with Crippen molar-refractivity contribution in [2.45, 2.75) is 19.4 Å². The van der Waals surface area contributed by atoms with E-state index >= 15 is 0 Å². The van der Waals surface area contributed by atoms with Crippen LogP contribution < -0.4 is 15.0 Å². The van der Waals surface area contributed by atoms with Gasteiger partial charge in [0.1, 0.15) is 11.1 Å². The first-order valence-corrected chi connectivity index (χ1v) is 9.68. The lowest BCUT2D eigenvalue weighted by molar-refractivity contribution is -0.115. The van der Waals surface area contributed by atoms with Gasteiger partial charge in [0, 0.05) is 0 Å². The Kier molecular flexibility index (Phi) is 4.76. The molecule has 0 radical (unpaired) electrons. The molecule has 0 saturated carbocycles. The molecule has 134 valence electrons. The third-order valence-corrected chi connectivity index (χ3v) is 5.39. The predicted octanol–water partition coefficient (Wildman–Crippen LogP) is 2.15. The number of ether oxygens (including phenoxy) is 1. The van der Waals surface area contributed by atoms with Gasteiger partial charge in [0.15, 0.2) is 0 Å². The van der Waals surface area contributed by atoms with Crippen LogP contribution in [0, 0.1) is 6.92 Å². The first kappa shape index (κ1) is 16.9.